The minimum atomic E-state index is -0.723. The van der Waals surface area contributed by atoms with Crippen LogP contribution in [0.1, 0.15) is 5.56 Å². The average molecular weight is 281 g/mol. The van der Waals surface area contributed by atoms with Crippen molar-refractivity contribution in [2.75, 3.05) is 5.73 Å². The number of rotatable bonds is 2. The summed E-state index contributed by atoms with van der Waals surface area (Å²) in [5, 5.41) is 8.43. The molecule has 19 heavy (non-hydrogen) atoms. The predicted octanol–water partition coefficient (Wildman–Crippen LogP) is 3.86. The van der Waals surface area contributed by atoms with Gasteiger partial charge in [-0.2, -0.15) is 5.26 Å². The molecule has 0 aliphatic rings. The summed E-state index contributed by atoms with van der Waals surface area (Å²) in [6, 6.07) is 7.63. The zero-order chi connectivity index (χ0) is 14.0. The van der Waals surface area contributed by atoms with E-state index in [9.17, 15) is 8.78 Å². The Morgan fingerprint density at radius 2 is 1.84 bits per heavy atom. The van der Waals surface area contributed by atoms with E-state index >= 15 is 0 Å². The number of nitriles is 1. The number of halogens is 3. The fraction of sp³-hybridized carbons (Fsp3) is 0. The van der Waals surface area contributed by atoms with Gasteiger partial charge < -0.3 is 10.5 Å². The van der Waals surface area contributed by atoms with Crippen LogP contribution in [0, 0.1) is 23.0 Å². The maximum absolute atomic E-state index is 13.6. The molecule has 0 atom stereocenters. The third-order valence-corrected chi connectivity index (χ3v) is 2.62. The minimum absolute atomic E-state index is 0.00865. The summed E-state index contributed by atoms with van der Waals surface area (Å²) in [6.45, 7) is 0. The van der Waals surface area contributed by atoms with Crippen LogP contribution in [0.3, 0.4) is 0 Å². The van der Waals surface area contributed by atoms with Crippen molar-refractivity contribution in [2.45, 2.75) is 0 Å². The fourth-order valence-corrected chi connectivity index (χ4v) is 1.56. The summed E-state index contributed by atoms with van der Waals surface area (Å²) in [5.41, 5.74) is 5.70. The van der Waals surface area contributed by atoms with Gasteiger partial charge in [0.15, 0.2) is 17.3 Å². The number of hydrogen-bond acceptors (Lipinski definition) is 3. The molecule has 2 aromatic carbocycles. The summed E-state index contributed by atoms with van der Waals surface area (Å²) in [6.07, 6.45) is 0. The molecular weight excluding hydrogens is 274 g/mol. The summed E-state index contributed by atoms with van der Waals surface area (Å²) < 4.78 is 31.9. The highest BCUT2D eigenvalue weighted by molar-refractivity contribution is 6.31. The Kier molecular flexibility index (Phi) is 3.54. The summed E-state index contributed by atoms with van der Waals surface area (Å²) in [7, 11) is 0. The second kappa shape index (κ2) is 5.12. The molecule has 0 aliphatic heterocycles. The van der Waals surface area contributed by atoms with Crippen LogP contribution >= 0.6 is 11.6 Å². The zero-order valence-corrected chi connectivity index (χ0v) is 10.2. The Balaban J connectivity index is 2.37. The average Bonchev–Trinajstić information content (AvgIpc) is 2.38. The molecule has 0 aliphatic carbocycles. The molecule has 0 fully saturated rings. The quantitative estimate of drug-likeness (QED) is 0.850. The molecule has 0 aromatic heterocycles. The maximum Gasteiger partial charge on any atom is 0.167 e. The largest absolute Gasteiger partial charge is 0.452 e. The normalized spacial score (nSPS) is 10.0. The van der Waals surface area contributed by atoms with Crippen molar-refractivity contribution >= 4 is 17.3 Å². The zero-order valence-electron chi connectivity index (χ0n) is 9.45. The Morgan fingerprint density at radius 3 is 2.47 bits per heavy atom. The molecule has 0 amide bonds. The summed E-state index contributed by atoms with van der Waals surface area (Å²) in [5.74, 6) is -1.51. The van der Waals surface area contributed by atoms with Crippen LogP contribution in [-0.2, 0) is 0 Å². The molecule has 2 aromatic rings. The molecule has 0 bridgehead atoms. The number of benzene rings is 2. The van der Waals surface area contributed by atoms with Crippen LogP contribution in [0.2, 0.25) is 5.02 Å². The first-order valence-electron chi connectivity index (χ1n) is 5.13. The van der Waals surface area contributed by atoms with Crippen LogP contribution in [-0.4, -0.2) is 0 Å². The number of nitrogen functional groups attached to an aromatic ring is 1. The topological polar surface area (TPSA) is 59.0 Å². The highest BCUT2D eigenvalue weighted by Gasteiger charge is 2.11. The van der Waals surface area contributed by atoms with Crippen molar-refractivity contribution in [3.05, 3.63) is 52.6 Å². The van der Waals surface area contributed by atoms with Crippen molar-refractivity contribution in [1.29, 1.82) is 5.26 Å². The predicted molar refractivity (Wildman–Crippen MR) is 67.0 cm³/mol. The number of hydrogen-bond donors (Lipinski definition) is 1. The van der Waals surface area contributed by atoms with E-state index < -0.39 is 11.6 Å². The van der Waals surface area contributed by atoms with Gasteiger partial charge in [0.05, 0.1) is 22.3 Å². The second-order valence-corrected chi connectivity index (χ2v) is 4.07. The van der Waals surface area contributed by atoms with E-state index in [2.05, 4.69) is 0 Å². The second-order valence-electron chi connectivity index (χ2n) is 3.66. The van der Waals surface area contributed by atoms with Crippen molar-refractivity contribution in [2.24, 2.45) is 0 Å². The number of ether oxygens (including phenoxy) is 1. The lowest BCUT2D eigenvalue weighted by atomic mass is 10.2. The Hall–Kier alpha value is -2.32. The molecular formula is C13H7ClF2N2O. The van der Waals surface area contributed by atoms with Gasteiger partial charge in [0.2, 0.25) is 0 Å². The van der Waals surface area contributed by atoms with E-state index in [1.165, 1.54) is 12.1 Å². The van der Waals surface area contributed by atoms with Gasteiger partial charge in [-0.05, 0) is 18.2 Å². The molecule has 3 nitrogen and oxygen atoms in total. The molecule has 2 N–H and O–H groups in total. The number of anilines is 1. The van der Waals surface area contributed by atoms with Gasteiger partial charge in [-0.1, -0.05) is 11.6 Å². The first-order valence-corrected chi connectivity index (χ1v) is 5.51. The first-order chi connectivity index (χ1) is 9.01. The summed E-state index contributed by atoms with van der Waals surface area (Å²) in [4.78, 5) is 0. The van der Waals surface area contributed by atoms with Crippen LogP contribution in [0.15, 0.2) is 30.3 Å². The lowest BCUT2D eigenvalue weighted by molar-refractivity contribution is 0.443. The summed E-state index contributed by atoms with van der Waals surface area (Å²) >= 11 is 5.59. The van der Waals surface area contributed by atoms with Gasteiger partial charge in [0.1, 0.15) is 5.82 Å². The van der Waals surface area contributed by atoms with Crippen molar-refractivity contribution in [3.63, 3.8) is 0 Å². The van der Waals surface area contributed by atoms with E-state index in [0.717, 1.165) is 18.2 Å². The molecule has 6 heteroatoms. The van der Waals surface area contributed by atoms with Crippen molar-refractivity contribution in [3.8, 4) is 17.6 Å². The first kappa shape index (κ1) is 13.1. The molecule has 2 rings (SSSR count). The molecule has 96 valence electrons. The standard InChI is InChI=1S/C13H7ClF2N2O/c14-8-4-13(11(18)5-9(8)15)19-12-2-1-7(6-17)3-10(12)16/h1-5H,18H2. The molecule has 0 saturated heterocycles. The van der Waals surface area contributed by atoms with Crippen LogP contribution in [0.5, 0.6) is 11.5 Å². The van der Waals surface area contributed by atoms with Gasteiger partial charge in [0, 0.05) is 12.1 Å². The van der Waals surface area contributed by atoms with Crippen molar-refractivity contribution < 1.29 is 13.5 Å². The monoisotopic (exact) mass is 280 g/mol. The highest BCUT2D eigenvalue weighted by Crippen LogP contribution is 2.33. The van der Waals surface area contributed by atoms with Gasteiger partial charge in [-0.15, -0.1) is 0 Å². The van der Waals surface area contributed by atoms with Gasteiger partial charge >= 0.3 is 0 Å². The molecule has 0 spiro atoms. The van der Waals surface area contributed by atoms with E-state index in [1.54, 1.807) is 6.07 Å². The Morgan fingerprint density at radius 1 is 1.11 bits per heavy atom. The van der Waals surface area contributed by atoms with E-state index in [-0.39, 0.29) is 27.8 Å². The smallest absolute Gasteiger partial charge is 0.167 e. The number of nitrogens with two attached hydrogens (primary N) is 1. The third kappa shape index (κ3) is 2.75. The van der Waals surface area contributed by atoms with Gasteiger partial charge in [0.25, 0.3) is 0 Å². The highest BCUT2D eigenvalue weighted by atomic mass is 35.5. The van der Waals surface area contributed by atoms with Crippen LogP contribution in [0.4, 0.5) is 14.5 Å². The molecule has 0 radical (unpaired) electrons. The Bertz CT molecular complexity index is 683. The SMILES string of the molecule is N#Cc1ccc(Oc2cc(Cl)c(F)cc2N)c(F)c1. The van der Waals surface area contributed by atoms with Gasteiger partial charge in [-0.25, -0.2) is 8.78 Å². The Labute approximate surface area is 112 Å². The molecule has 0 heterocycles. The van der Waals surface area contributed by atoms with E-state index in [0.29, 0.717) is 0 Å². The fourth-order valence-electron chi connectivity index (χ4n) is 1.40. The maximum atomic E-state index is 13.6. The van der Waals surface area contributed by atoms with Crippen LogP contribution in [0.25, 0.3) is 0 Å². The van der Waals surface area contributed by atoms with E-state index in [4.69, 9.17) is 27.3 Å². The lowest BCUT2D eigenvalue weighted by Gasteiger charge is -2.10. The lowest BCUT2D eigenvalue weighted by Crippen LogP contribution is -1.95. The molecule has 0 unspecified atom stereocenters. The van der Waals surface area contributed by atoms with E-state index in [1.807, 2.05) is 0 Å². The van der Waals surface area contributed by atoms with Crippen molar-refractivity contribution in [1.82, 2.24) is 0 Å². The molecule has 0 saturated carbocycles. The van der Waals surface area contributed by atoms with Crippen LogP contribution < -0.4 is 10.5 Å². The minimum Gasteiger partial charge on any atom is -0.452 e. The van der Waals surface area contributed by atoms with Gasteiger partial charge in [-0.3, -0.25) is 0 Å². The third-order valence-electron chi connectivity index (χ3n) is 2.33. The number of nitrogens with zero attached hydrogens (tertiary/aromatic N) is 1.